The molecule has 1 aliphatic rings. The van der Waals surface area contributed by atoms with Crippen LogP contribution in [0.1, 0.15) is 12.8 Å². The van der Waals surface area contributed by atoms with E-state index in [-0.39, 0.29) is 12.8 Å². The highest BCUT2D eigenvalue weighted by Gasteiger charge is 2.40. The van der Waals surface area contributed by atoms with Gasteiger partial charge in [0.2, 0.25) is 0 Å². The zero-order valence-corrected chi connectivity index (χ0v) is 8.12. The molecule has 0 aromatic carbocycles. The van der Waals surface area contributed by atoms with Gasteiger partial charge in [0.05, 0.1) is 5.92 Å². The predicted molar refractivity (Wildman–Crippen MR) is 47.5 cm³/mol. The molecule has 0 unspecified atom stereocenters. The number of nitrogens with one attached hydrogen (secondary N) is 1. The fourth-order valence-corrected chi connectivity index (χ4v) is 1.46. The minimum atomic E-state index is -4.93. The molecule has 0 bridgehead atoms. The van der Waals surface area contributed by atoms with Crippen molar-refractivity contribution in [1.82, 2.24) is 5.32 Å². The standard InChI is InChI=1S/C9H10F3NO3/c10-9(11,12)8(16)13-6-3-1-2-5(4-6)7(14)15/h1-2,5-6H,3-4H2,(H,13,16)(H,14,15)/t5-,6+/m0/s1. The minimum absolute atomic E-state index is 0.0202. The molecule has 0 aromatic rings. The number of hydrogen-bond donors (Lipinski definition) is 2. The molecule has 0 radical (unpaired) electrons. The van der Waals surface area contributed by atoms with Crippen molar-refractivity contribution < 1.29 is 27.9 Å². The summed E-state index contributed by atoms with van der Waals surface area (Å²) in [6, 6.07) is -0.778. The maximum atomic E-state index is 11.9. The molecule has 0 saturated carbocycles. The maximum Gasteiger partial charge on any atom is 0.471 e. The van der Waals surface area contributed by atoms with Crippen molar-refractivity contribution in [2.45, 2.75) is 25.1 Å². The zero-order valence-electron chi connectivity index (χ0n) is 8.12. The molecule has 0 aromatic heterocycles. The van der Waals surface area contributed by atoms with Gasteiger partial charge >= 0.3 is 18.1 Å². The van der Waals surface area contributed by atoms with E-state index in [1.807, 2.05) is 0 Å². The normalized spacial score (nSPS) is 25.2. The van der Waals surface area contributed by atoms with Gasteiger partial charge in [-0.05, 0) is 12.8 Å². The van der Waals surface area contributed by atoms with Gasteiger partial charge in [-0.1, -0.05) is 12.2 Å². The lowest BCUT2D eigenvalue weighted by Crippen LogP contribution is -2.44. The first-order chi connectivity index (χ1) is 7.30. The van der Waals surface area contributed by atoms with Crippen molar-refractivity contribution >= 4 is 11.9 Å². The van der Waals surface area contributed by atoms with Gasteiger partial charge in [0.1, 0.15) is 0 Å². The van der Waals surface area contributed by atoms with Gasteiger partial charge in [-0.25, -0.2) is 0 Å². The molecule has 2 N–H and O–H groups in total. The topological polar surface area (TPSA) is 66.4 Å². The number of amides is 1. The Hall–Kier alpha value is -1.53. The Kier molecular flexibility index (Phi) is 3.56. The zero-order chi connectivity index (χ0) is 12.3. The SMILES string of the molecule is O=C(O)[C@H]1C=CC[C@@H](NC(=O)C(F)(F)F)C1. The van der Waals surface area contributed by atoms with Crippen LogP contribution < -0.4 is 5.32 Å². The Bertz CT molecular complexity index is 324. The van der Waals surface area contributed by atoms with Gasteiger partial charge in [0.25, 0.3) is 0 Å². The van der Waals surface area contributed by atoms with Crippen LogP contribution in [0.15, 0.2) is 12.2 Å². The summed E-state index contributed by atoms with van der Waals surface area (Å²) in [5.41, 5.74) is 0. The summed E-state index contributed by atoms with van der Waals surface area (Å²) in [5, 5.41) is 10.4. The van der Waals surface area contributed by atoms with E-state index in [0.29, 0.717) is 0 Å². The lowest BCUT2D eigenvalue weighted by molar-refractivity contribution is -0.174. The van der Waals surface area contributed by atoms with Gasteiger partial charge in [0.15, 0.2) is 0 Å². The van der Waals surface area contributed by atoms with Gasteiger partial charge in [-0.2, -0.15) is 13.2 Å². The molecule has 1 amide bonds. The van der Waals surface area contributed by atoms with Crippen molar-refractivity contribution in [3.8, 4) is 0 Å². The van der Waals surface area contributed by atoms with Crippen molar-refractivity contribution in [3.05, 3.63) is 12.2 Å². The van der Waals surface area contributed by atoms with E-state index in [0.717, 1.165) is 0 Å². The van der Waals surface area contributed by atoms with Crippen LogP contribution in [0.3, 0.4) is 0 Å². The summed E-state index contributed by atoms with van der Waals surface area (Å²) in [5.74, 6) is -3.98. The number of carboxylic acids is 1. The summed E-state index contributed by atoms with van der Waals surface area (Å²) in [6.45, 7) is 0. The number of carboxylic acid groups (broad SMARTS) is 1. The van der Waals surface area contributed by atoms with Gasteiger partial charge in [0, 0.05) is 6.04 Å². The summed E-state index contributed by atoms with van der Waals surface area (Å²) < 4.78 is 35.7. The molecule has 0 fully saturated rings. The molecule has 0 aliphatic heterocycles. The van der Waals surface area contributed by atoms with E-state index in [9.17, 15) is 22.8 Å². The van der Waals surface area contributed by atoms with E-state index in [1.54, 1.807) is 5.32 Å². The summed E-state index contributed by atoms with van der Waals surface area (Å²) >= 11 is 0. The highest BCUT2D eigenvalue weighted by molar-refractivity contribution is 5.82. The molecular weight excluding hydrogens is 227 g/mol. The molecule has 0 saturated heterocycles. The van der Waals surface area contributed by atoms with Crippen LogP contribution in [-0.4, -0.2) is 29.2 Å². The largest absolute Gasteiger partial charge is 0.481 e. The smallest absolute Gasteiger partial charge is 0.471 e. The lowest BCUT2D eigenvalue weighted by Gasteiger charge is -2.23. The minimum Gasteiger partial charge on any atom is -0.481 e. The van der Waals surface area contributed by atoms with Crippen LogP contribution in [0.2, 0.25) is 0 Å². The highest BCUT2D eigenvalue weighted by Crippen LogP contribution is 2.20. The number of rotatable bonds is 2. The van der Waals surface area contributed by atoms with E-state index in [1.165, 1.54) is 12.2 Å². The summed E-state index contributed by atoms with van der Waals surface area (Å²) in [6.07, 6.45) is -1.86. The average Bonchev–Trinajstić information content (AvgIpc) is 2.16. The second-order valence-corrected chi connectivity index (χ2v) is 3.51. The molecule has 90 valence electrons. The molecule has 2 atom stereocenters. The van der Waals surface area contributed by atoms with Crippen molar-refractivity contribution in [1.29, 1.82) is 0 Å². The van der Waals surface area contributed by atoms with E-state index < -0.39 is 30.0 Å². The summed E-state index contributed by atoms with van der Waals surface area (Å²) in [7, 11) is 0. The van der Waals surface area contributed by atoms with E-state index in [4.69, 9.17) is 5.11 Å². The highest BCUT2D eigenvalue weighted by atomic mass is 19.4. The molecule has 16 heavy (non-hydrogen) atoms. The van der Waals surface area contributed by atoms with Crippen molar-refractivity contribution in [2.24, 2.45) is 5.92 Å². The second kappa shape index (κ2) is 4.54. The number of carbonyl (C=O) groups is 2. The quantitative estimate of drug-likeness (QED) is 0.706. The molecule has 0 heterocycles. The molecule has 7 heteroatoms. The van der Waals surface area contributed by atoms with Gasteiger partial charge in [-0.15, -0.1) is 0 Å². The van der Waals surface area contributed by atoms with Gasteiger partial charge in [-0.3, -0.25) is 9.59 Å². The molecule has 4 nitrogen and oxygen atoms in total. The Labute approximate surface area is 89.1 Å². The first-order valence-electron chi connectivity index (χ1n) is 4.58. The van der Waals surface area contributed by atoms with Crippen molar-refractivity contribution in [2.75, 3.05) is 0 Å². The number of hydrogen-bond acceptors (Lipinski definition) is 2. The molecule has 1 aliphatic carbocycles. The van der Waals surface area contributed by atoms with Crippen LogP contribution >= 0.6 is 0 Å². The average molecular weight is 237 g/mol. The predicted octanol–water partition coefficient (Wildman–Crippen LogP) is 1.08. The Balaban J connectivity index is 2.55. The third-order valence-electron chi connectivity index (χ3n) is 2.24. The van der Waals surface area contributed by atoms with Crippen LogP contribution in [0.25, 0.3) is 0 Å². The molecule has 0 spiro atoms. The third-order valence-corrected chi connectivity index (χ3v) is 2.24. The first-order valence-corrected chi connectivity index (χ1v) is 4.58. The van der Waals surface area contributed by atoms with Gasteiger partial charge < -0.3 is 10.4 Å². The maximum absolute atomic E-state index is 11.9. The monoisotopic (exact) mass is 237 g/mol. The molecular formula is C9H10F3NO3. The fraction of sp³-hybridized carbons (Fsp3) is 0.556. The Morgan fingerprint density at radius 1 is 1.38 bits per heavy atom. The molecule has 1 rings (SSSR count). The Morgan fingerprint density at radius 3 is 2.50 bits per heavy atom. The number of alkyl halides is 3. The first kappa shape index (κ1) is 12.5. The van der Waals surface area contributed by atoms with Crippen LogP contribution in [0.5, 0.6) is 0 Å². The fourth-order valence-electron chi connectivity index (χ4n) is 1.46. The van der Waals surface area contributed by atoms with E-state index in [2.05, 4.69) is 0 Å². The van der Waals surface area contributed by atoms with Crippen LogP contribution in [-0.2, 0) is 9.59 Å². The number of halogens is 3. The van der Waals surface area contributed by atoms with Crippen LogP contribution in [0, 0.1) is 5.92 Å². The number of aliphatic carboxylic acids is 1. The second-order valence-electron chi connectivity index (χ2n) is 3.51. The lowest BCUT2D eigenvalue weighted by atomic mass is 9.92. The van der Waals surface area contributed by atoms with Crippen molar-refractivity contribution in [3.63, 3.8) is 0 Å². The van der Waals surface area contributed by atoms with Crippen LogP contribution in [0.4, 0.5) is 13.2 Å². The Morgan fingerprint density at radius 2 is 2.00 bits per heavy atom. The summed E-state index contributed by atoms with van der Waals surface area (Å²) in [4.78, 5) is 21.2. The third kappa shape index (κ3) is 3.25. The van der Waals surface area contributed by atoms with E-state index >= 15 is 0 Å². The number of carbonyl (C=O) groups excluding carboxylic acids is 1.